The van der Waals surface area contributed by atoms with Crippen LogP contribution in [-0.4, -0.2) is 53.7 Å². The van der Waals surface area contributed by atoms with Crippen molar-refractivity contribution in [2.75, 3.05) is 48.8 Å². The minimum atomic E-state index is -0.272. The lowest BCUT2D eigenvalue weighted by Gasteiger charge is -2.27. The number of hydrogen-bond acceptors (Lipinski definition) is 7. The fourth-order valence-corrected chi connectivity index (χ4v) is 5.89. The lowest BCUT2D eigenvalue weighted by atomic mass is 9.99. The van der Waals surface area contributed by atoms with Crippen LogP contribution >= 0.6 is 0 Å². The zero-order chi connectivity index (χ0) is 31.8. The summed E-state index contributed by atoms with van der Waals surface area (Å²) in [5, 5.41) is 10.4. The van der Waals surface area contributed by atoms with Gasteiger partial charge in [-0.05, 0) is 41.3 Å². The Morgan fingerprint density at radius 1 is 0.766 bits per heavy atom. The first-order valence-corrected chi connectivity index (χ1v) is 15.9. The third-order valence-electron chi connectivity index (χ3n) is 8.27. The highest BCUT2D eigenvalue weighted by Gasteiger charge is 2.22. The van der Waals surface area contributed by atoms with Crippen molar-refractivity contribution < 1.29 is 13.9 Å². The number of urea groups is 1. The van der Waals surface area contributed by atoms with Gasteiger partial charge in [0.2, 0.25) is 5.71 Å². The van der Waals surface area contributed by atoms with Gasteiger partial charge in [0.05, 0.1) is 18.6 Å². The number of furan rings is 1. The van der Waals surface area contributed by atoms with Crippen LogP contribution in [0.2, 0.25) is 0 Å². The van der Waals surface area contributed by atoms with Gasteiger partial charge in [-0.1, -0.05) is 91.0 Å². The van der Waals surface area contributed by atoms with Gasteiger partial charge >= 0.3 is 6.03 Å². The maximum atomic E-state index is 12.9. The highest BCUT2D eigenvalue weighted by molar-refractivity contribution is 6.06. The summed E-state index contributed by atoms with van der Waals surface area (Å²) in [4.78, 5) is 24.3. The molecule has 1 aliphatic heterocycles. The molecule has 0 aliphatic carbocycles. The van der Waals surface area contributed by atoms with Crippen LogP contribution in [0.3, 0.4) is 0 Å². The number of rotatable bonds is 10. The van der Waals surface area contributed by atoms with Crippen LogP contribution in [0.1, 0.15) is 11.1 Å². The number of nitrogens with one attached hydrogen (secondary N) is 3. The van der Waals surface area contributed by atoms with Crippen LogP contribution < -0.4 is 16.0 Å². The van der Waals surface area contributed by atoms with Crippen molar-refractivity contribution in [3.8, 4) is 22.5 Å². The number of benzene rings is 4. The monoisotopic (exact) mass is 624 g/mol. The molecule has 47 heavy (non-hydrogen) atoms. The highest BCUT2D eigenvalue weighted by atomic mass is 16.5. The topological polar surface area (TPSA) is 105 Å². The fourth-order valence-electron chi connectivity index (χ4n) is 5.89. The zero-order valence-corrected chi connectivity index (χ0v) is 26.0. The Morgan fingerprint density at radius 3 is 2.23 bits per heavy atom. The zero-order valence-electron chi connectivity index (χ0n) is 26.0. The molecule has 9 heteroatoms. The number of aromatic nitrogens is 2. The quantitative estimate of drug-likeness (QED) is 0.144. The van der Waals surface area contributed by atoms with Gasteiger partial charge in [0.25, 0.3) is 0 Å². The van der Waals surface area contributed by atoms with Crippen molar-refractivity contribution in [2.45, 2.75) is 13.0 Å². The first kappa shape index (κ1) is 30.2. The van der Waals surface area contributed by atoms with Gasteiger partial charge in [0, 0.05) is 48.7 Å². The van der Waals surface area contributed by atoms with Crippen LogP contribution in [-0.2, 0) is 17.7 Å². The lowest BCUT2D eigenvalue weighted by molar-refractivity contribution is 0.0343. The number of fused-ring (bicyclic) bond motifs is 1. The fraction of sp³-hybridized carbons (Fsp3) is 0.184. The predicted molar refractivity (Wildman–Crippen MR) is 186 cm³/mol. The van der Waals surface area contributed by atoms with Gasteiger partial charge in [-0.15, -0.1) is 0 Å². The number of ether oxygens (including phenoxy) is 1. The summed E-state index contributed by atoms with van der Waals surface area (Å²) in [5.41, 5.74) is 7.26. The Hall–Kier alpha value is -5.51. The number of carbonyl (C=O) groups is 1. The average molecular weight is 625 g/mol. The first-order chi connectivity index (χ1) is 23.2. The SMILES string of the molecule is O=C(Nc1ccc(CCNc2ncnc3oc(-c4ccccc4)c(-c4ccccc4)c23)cc1)Nc1ccccc1CN1CCOCC1. The van der Waals surface area contributed by atoms with Gasteiger partial charge in [0.1, 0.15) is 17.9 Å². The molecule has 0 unspecified atom stereocenters. The number of hydrogen-bond donors (Lipinski definition) is 3. The summed E-state index contributed by atoms with van der Waals surface area (Å²) >= 11 is 0. The molecule has 2 aromatic heterocycles. The van der Waals surface area contributed by atoms with E-state index in [4.69, 9.17) is 9.15 Å². The molecule has 9 nitrogen and oxygen atoms in total. The molecule has 3 N–H and O–H groups in total. The van der Waals surface area contributed by atoms with E-state index < -0.39 is 0 Å². The van der Waals surface area contributed by atoms with E-state index >= 15 is 0 Å². The van der Waals surface area contributed by atoms with Crippen molar-refractivity contribution >= 4 is 34.3 Å². The molecule has 1 fully saturated rings. The molecule has 1 aliphatic rings. The van der Waals surface area contributed by atoms with Gasteiger partial charge in [0.15, 0.2) is 0 Å². The Kier molecular flexibility index (Phi) is 9.17. The number of amides is 2. The number of carbonyl (C=O) groups excluding carboxylic acids is 1. The maximum Gasteiger partial charge on any atom is 0.323 e. The third kappa shape index (κ3) is 7.17. The number of anilines is 3. The molecule has 0 spiro atoms. The van der Waals surface area contributed by atoms with E-state index in [9.17, 15) is 4.79 Å². The lowest BCUT2D eigenvalue weighted by Crippen LogP contribution is -2.36. The summed E-state index contributed by atoms with van der Waals surface area (Å²) in [6.45, 7) is 4.67. The summed E-state index contributed by atoms with van der Waals surface area (Å²) in [6.07, 6.45) is 2.29. The first-order valence-electron chi connectivity index (χ1n) is 15.9. The molecular weight excluding hydrogens is 588 g/mol. The van der Waals surface area contributed by atoms with Gasteiger partial charge in [-0.25, -0.2) is 14.8 Å². The van der Waals surface area contributed by atoms with Crippen LogP contribution in [0.15, 0.2) is 120 Å². The molecule has 3 heterocycles. The van der Waals surface area contributed by atoms with E-state index in [-0.39, 0.29) is 6.03 Å². The molecule has 2 amide bonds. The minimum Gasteiger partial charge on any atom is -0.437 e. The van der Waals surface area contributed by atoms with Gasteiger partial charge in [-0.2, -0.15) is 0 Å². The second-order valence-electron chi connectivity index (χ2n) is 11.4. The molecule has 1 saturated heterocycles. The molecule has 4 aromatic carbocycles. The summed E-state index contributed by atoms with van der Waals surface area (Å²) in [6, 6.07) is 35.8. The number of morpholine rings is 1. The van der Waals surface area contributed by atoms with Crippen LogP contribution in [0.25, 0.3) is 33.6 Å². The molecule has 7 rings (SSSR count). The largest absolute Gasteiger partial charge is 0.437 e. The van der Waals surface area contributed by atoms with Crippen molar-refractivity contribution in [1.29, 1.82) is 0 Å². The minimum absolute atomic E-state index is 0.272. The van der Waals surface area contributed by atoms with E-state index in [1.807, 2.05) is 91.0 Å². The van der Waals surface area contributed by atoms with Crippen LogP contribution in [0.5, 0.6) is 0 Å². The van der Waals surface area contributed by atoms with E-state index in [0.29, 0.717) is 12.3 Å². The Balaban J connectivity index is 1.00. The molecule has 0 atom stereocenters. The van der Waals surface area contributed by atoms with Crippen LogP contribution in [0, 0.1) is 0 Å². The van der Waals surface area contributed by atoms with Crippen molar-refractivity contribution in [2.24, 2.45) is 0 Å². The van der Waals surface area contributed by atoms with Crippen molar-refractivity contribution in [3.63, 3.8) is 0 Å². The molecular formula is C38H36N6O3. The second-order valence-corrected chi connectivity index (χ2v) is 11.4. The van der Waals surface area contributed by atoms with E-state index in [1.165, 1.54) is 6.33 Å². The molecule has 0 saturated carbocycles. The van der Waals surface area contributed by atoms with Gasteiger partial charge in [-0.3, -0.25) is 4.90 Å². The van der Waals surface area contributed by atoms with E-state index in [2.05, 4.69) is 49.0 Å². The summed E-state index contributed by atoms with van der Waals surface area (Å²) < 4.78 is 11.8. The maximum absolute atomic E-state index is 12.9. The Bertz CT molecular complexity index is 1940. The normalized spacial score (nSPS) is 13.4. The molecule has 0 radical (unpaired) electrons. The Morgan fingerprint density at radius 2 is 1.47 bits per heavy atom. The van der Waals surface area contributed by atoms with Gasteiger partial charge < -0.3 is 25.1 Å². The van der Waals surface area contributed by atoms with Crippen molar-refractivity contribution in [1.82, 2.24) is 14.9 Å². The standard InChI is InChI=1S/C38H36N6O3/c45-38(43-32-14-8-7-13-30(32)25-44-21-23-46-24-22-44)42-31-17-15-27(16-18-31)19-20-39-36-34-33(28-9-3-1-4-10-28)35(29-11-5-2-6-12-29)47-37(34)41-26-40-36/h1-18,26H,19-25H2,(H,39,40,41)(H2,42,43,45). The average Bonchev–Trinajstić information content (AvgIpc) is 3.52. The van der Waals surface area contributed by atoms with Crippen LogP contribution in [0.4, 0.5) is 22.0 Å². The summed E-state index contributed by atoms with van der Waals surface area (Å²) in [5.74, 6) is 1.49. The predicted octanol–water partition coefficient (Wildman–Crippen LogP) is 7.69. The number of para-hydroxylation sites is 1. The number of nitrogens with zero attached hydrogens (tertiary/aromatic N) is 3. The summed E-state index contributed by atoms with van der Waals surface area (Å²) in [7, 11) is 0. The molecule has 236 valence electrons. The highest BCUT2D eigenvalue weighted by Crippen LogP contribution is 2.42. The molecule has 0 bridgehead atoms. The third-order valence-corrected chi connectivity index (χ3v) is 8.27. The smallest absolute Gasteiger partial charge is 0.323 e. The second kappa shape index (κ2) is 14.3. The Labute approximate surface area is 273 Å². The molecule has 6 aromatic rings. The van der Waals surface area contributed by atoms with E-state index in [1.54, 1.807) is 0 Å². The van der Waals surface area contributed by atoms with E-state index in [0.717, 1.165) is 95.4 Å². The van der Waals surface area contributed by atoms with Crippen molar-refractivity contribution in [3.05, 3.63) is 127 Å².